The Balaban J connectivity index is 1.79. The van der Waals surface area contributed by atoms with Crippen LogP contribution in [-0.4, -0.2) is 26.8 Å². The molecule has 1 aliphatic carbocycles. The van der Waals surface area contributed by atoms with Crippen molar-refractivity contribution in [2.75, 3.05) is 12.3 Å². The molecule has 1 aliphatic rings. The predicted molar refractivity (Wildman–Crippen MR) is 77.3 cm³/mol. The Bertz CT molecular complexity index is 487. The smallest absolute Gasteiger partial charge is 0.211 e. The van der Waals surface area contributed by atoms with Crippen molar-refractivity contribution in [1.29, 1.82) is 0 Å². The second kappa shape index (κ2) is 6.50. The molecule has 0 radical (unpaired) electrons. The molecule has 2 atom stereocenters. The van der Waals surface area contributed by atoms with Gasteiger partial charge in [0.1, 0.15) is 0 Å². The van der Waals surface area contributed by atoms with E-state index in [1.807, 2.05) is 30.3 Å². The number of benzene rings is 1. The van der Waals surface area contributed by atoms with Crippen molar-refractivity contribution in [2.24, 2.45) is 11.7 Å². The van der Waals surface area contributed by atoms with Crippen LogP contribution in [-0.2, 0) is 16.4 Å². The molecule has 5 heteroatoms. The number of rotatable bonds is 6. The number of nitrogens with two attached hydrogens (primary N) is 1. The Labute approximate surface area is 115 Å². The maximum Gasteiger partial charge on any atom is 0.211 e. The van der Waals surface area contributed by atoms with E-state index in [4.69, 9.17) is 5.73 Å². The third-order valence-electron chi connectivity index (χ3n) is 3.79. The van der Waals surface area contributed by atoms with Gasteiger partial charge in [0.25, 0.3) is 0 Å². The summed E-state index contributed by atoms with van der Waals surface area (Å²) in [5.41, 5.74) is 6.99. The summed E-state index contributed by atoms with van der Waals surface area (Å²) >= 11 is 0. The van der Waals surface area contributed by atoms with Gasteiger partial charge in [0, 0.05) is 12.6 Å². The molecule has 4 nitrogen and oxygen atoms in total. The molecule has 2 unspecified atom stereocenters. The van der Waals surface area contributed by atoms with Crippen molar-refractivity contribution in [3.05, 3.63) is 35.9 Å². The van der Waals surface area contributed by atoms with E-state index >= 15 is 0 Å². The minimum Gasteiger partial charge on any atom is -0.327 e. The number of nitrogens with one attached hydrogen (secondary N) is 1. The minimum atomic E-state index is -3.20. The van der Waals surface area contributed by atoms with E-state index in [1.54, 1.807) is 0 Å². The summed E-state index contributed by atoms with van der Waals surface area (Å²) in [5.74, 6) is 0.436. The third-order valence-corrected chi connectivity index (χ3v) is 5.13. The molecular formula is C14H22N2O2S. The second-order valence-corrected chi connectivity index (χ2v) is 7.18. The Morgan fingerprint density at radius 3 is 2.58 bits per heavy atom. The van der Waals surface area contributed by atoms with Crippen molar-refractivity contribution in [3.8, 4) is 0 Å². The highest BCUT2D eigenvalue weighted by atomic mass is 32.2. The van der Waals surface area contributed by atoms with Gasteiger partial charge in [-0.15, -0.1) is 0 Å². The standard InChI is InChI=1S/C14H22N2O2S/c15-14-8-4-7-13(14)11-16-19(17,18)10-9-12-5-2-1-3-6-12/h1-3,5-6,13-14,16H,4,7-11,15H2. The van der Waals surface area contributed by atoms with Crippen LogP contribution in [0, 0.1) is 5.92 Å². The van der Waals surface area contributed by atoms with E-state index in [0.717, 1.165) is 24.8 Å². The highest BCUT2D eigenvalue weighted by molar-refractivity contribution is 7.89. The van der Waals surface area contributed by atoms with E-state index in [1.165, 1.54) is 0 Å². The largest absolute Gasteiger partial charge is 0.327 e. The summed E-state index contributed by atoms with van der Waals surface area (Å²) in [6, 6.07) is 9.82. The Kier molecular flexibility index (Phi) is 4.96. The molecular weight excluding hydrogens is 260 g/mol. The molecule has 1 saturated carbocycles. The molecule has 1 aromatic rings. The van der Waals surface area contributed by atoms with E-state index in [-0.39, 0.29) is 11.8 Å². The van der Waals surface area contributed by atoms with Crippen molar-refractivity contribution in [1.82, 2.24) is 4.72 Å². The lowest BCUT2D eigenvalue weighted by Crippen LogP contribution is -2.37. The fourth-order valence-electron chi connectivity index (χ4n) is 2.52. The van der Waals surface area contributed by atoms with Crippen LogP contribution in [0.4, 0.5) is 0 Å². The molecule has 0 amide bonds. The minimum absolute atomic E-state index is 0.138. The van der Waals surface area contributed by atoms with Crippen LogP contribution in [0.5, 0.6) is 0 Å². The normalized spacial score (nSPS) is 23.6. The summed E-state index contributed by atoms with van der Waals surface area (Å²) in [6.07, 6.45) is 3.70. The first-order chi connectivity index (χ1) is 9.07. The van der Waals surface area contributed by atoms with Gasteiger partial charge in [0.2, 0.25) is 10.0 Å². The highest BCUT2D eigenvalue weighted by Crippen LogP contribution is 2.23. The quantitative estimate of drug-likeness (QED) is 0.825. The SMILES string of the molecule is NC1CCCC1CNS(=O)(=O)CCc1ccccc1. The molecule has 0 aliphatic heterocycles. The number of hydrogen-bond donors (Lipinski definition) is 2. The predicted octanol–water partition coefficient (Wildman–Crippen LogP) is 1.28. The van der Waals surface area contributed by atoms with Crippen LogP contribution in [0.3, 0.4) is 0 Å². The zero-order valence-corrected chi connectivity index (χ0v) is 11.9. The van der Waals surface area contributed by atoms with Gasteiger partial charge >= 0.3 is 0 Å². The number of hydrogen-bond acceptors (Lipinski definition) is 3. The first kappa shape index (κ1) is 14.5. The van der Waals surface area contributed by atoms with Gasteiger partial charge in [0.15, 0.2) is 0 Å². The van der Waals surface area contributed by atoms with Crippen LogP contribution in [0.25, 0.3) is 0 Å². The topological polar surface area (TPSA) is 72.2 Å². The van der Waals surface area contributed by atoms with Gasteiger partial charge in [0.05, 0.1) is 5.75 Å². The molecule has 19 heavy (non-hydrogen) atoms. The number of sulfonamides is 1. The molecule has 0 spiro atoms. The first-order valence-electron chi connectivity index (χ1n) is 6.84. The van der Waals surface area contributed by atoms with E-state index in [0.29, 0.717) is 18.9 Å². The lowest BCUT2D eigenvalue weighted by atomic mass is 10.1. The molecule has 1 fully saturated rings. The molecule has 0 saturated heterocycles. The molecule has 0 heterocycles. The fraction of sp³-hybridized carbons (Fsp3) is 0.571. The van der Waals surface area contributed by atoms with Crippen LogP contribution in [0.1, 0.15) is 24.8 Å². The lowest BCUT2D eigenvalue weighted by Gasteiger charge is -2.16. The Morgan fingerprint density at radius 2 is 1.95 bits per heavy atom. The molecule has 0 aromatic heterocycles. The third kappa shape index (κ3) is 4.60. The second-order valence-electron chi connectivity index (χ2n) is 5.26. The fourth-order valence-corrected chi connectivity index (χ4v) is 3.64. The van der Waals surface area contributed by atoms with Gasteiger partial charge in [-0.1, -0.05) is 36.8 Å². The van der Waals surface area contributed by atoms with Crippen molar-refractivity contribution < 1.29 is 8.42 Å². The highest BCUT2D eigenvalue weighted by Gasteiger charge is 2.25. The molecule has 3 N–H and O–H groups in total. The summed E-state index contributed by atoms with van der Waals surface area (Å²) < 4.78 is 26.5. The molecule has 1 aromatic carbocycles. The van der Waals surface area contributed by atoms with Crippen molar-refractivity contribution in [2.45, 2.75) is 31.7 Å². The zero-order valence-electron chi connectivity index (χ0n) is 11.1. The van der Waals surface area contributed by atoms with E-state index in [2.05, 4.69) is 4.72 Å². The Hall–Kier alpha value is -0.910. The van der Waals surface area contributed by atoms with Crippen LogP contribution in [0.2, 0.25) is 0 Å². The molecule has 0 bridgehead atoms. The van der Waals surface area contributed by atoms with Crippen LogP contribution in [0.15, 0.2) is 30.3 Å². The average molecular weight is 282 g/mol. The van der Waals surface area contributed by atoms with E-state index < -0.39 is 10.0 Å². The summed E-state index contributed by atoms with van der Waals surface area (Å²) in [4.78, 5) is 0. The van der Waals surface area contributed by atoms with Gasteiger partial charge in [-0.05, 0) is 30.7 Å². The lowest BCUT2D eigenvalue weighted by molar-refractivity contribution is 0.469. The number of aryl methyl sites for hydroxylation is 1. The van der Waals surface area contributed by atoms with Crippen molar-refractivity contribution in [3.63, 3.8) is 0 Å². The summed E-state index contributed by atoms with van der Waals surface area (Å²) in [5, 5.41) is 0. The molecule has 106 valence electrons. The molecule has 2 rings (SSSR count). The Morgan fingerprint density at radius 1 is 1.21 bits per heavy atom. The maximum atomic E-state index is 11.9. The summed E-state index contributed by atoms with van der Waals surface area (Å²) in [7, 11) is -3.20. The maximum absolute atomic E-state index is 11.9. The van der Waals surface area contributed by atoms with Gasteiger partial charge in [-0.3, -0.25) is 0 Å². The first-order valence-corrected chi connectivity index (χ1v) is 8.49. The van der Waals surface area contributed by atoms with Gasteiger partial charge in [-0.25, -0.2) is 13.1 Å². The van der Waals surface area contributed by atoms with E-state index in [9.17, 15) is 8.42 Å². The average Bonchev–Trinajstić information content (AvgIpc) is 2.81. The monoisotopic (exact) mass is 282 g/mol. The summed E-state index contributed by atoms with van der Waals surface area (Å²) in [6.45, 7) is 0.484. The van der Waals surface area contributed by atoms with Gasteiger partial charge in [-0.2, -0.15) is 0 Å². The van der Waals surface area contributed by atoms with Gasteiger partial charge < -0.3 is 5.73 Å². The van der Waals surface area contributed by atoms with Crippen LogP contribution >= 0.6 is 0 Å². The zero-order chi connectivity index (χ0) is 13.7. The van der Waals surface area contributed by atoms with Crippen LogP contribution < -0.4 is 10.5 Å². The van der Waals surface area contributed by atoms with Crippen molar-refractivity contribution >= 4 is 10.0 Å².